The summed E-state index contributed by atoms with van der Waals surface area (Å²) in [5, 5.41) is 6.28. The Kier molecular flexibility index (Phi) is 8.16. The minimum absolute atomic E-state index is 0.242. The van der Waals surface area contributed by atoms with Crippen molar-refractivity contribution in [2.45, 2.75) is 26.3 Å². The molecule has 0 spiro atoms. The van der Waals surface area contributed by atoms with Crippen molar-refractivity contribution in [3.05, 3.63) is 77.7 Å². The van der Waals surface area contributed by atoms with Crippen LogP contribution >= 0.6 is 0 Å². The molecule has 0 radical (unpaired) electrons. The monoisotopic (exact) mass is 433 g/mol. The van der Waals surface area contributed by atoms with Gasteiger partial charge in [-0.05, 0) is 67.5 Å². The molecular formula is C25H31N5O2. The number of pyridine rings is 2. The molecule has 0 fully saturated rings. The molecule has 2 N–H and O–H groups in total. The predicted molar refractivity (Wildman–Crippen MR) is 128 cm³/mol. The van der Waals surface area contributed by atoms with E-state index in [4.69, 9.17) is 4.74 Å². The molecule has 1 amide bonds. The summed E-state index contributed by atoms with van der Waals surface area (Å²) in [5.74, 6) is 1.27. The number of carbonyl (C=O) groups is 1. The van der Waals surface area contributed by atoms with E-state index in [2.05, 4.69) is 39.3 Å². The van der Waals surface area contributed by atoms with Gasteiger partial charge in [0.15, 0.2) is 0 Å². The van der Waals surface area contributed by atoms with Crippen molar-refractivity contribution in [3.8, 4) is 5.75 Å². The number of amides is 1. The lowest BCUT2D eigenvalue weighted by Gasteiger charge is -2.17. The van der Waals surface area contributed by atoms with E-state index in [1.165, 1.54) is 0 Å². The van der Waals surface area contributed by atoms with Crippen molar-refractivity contribution in [2.24, 2.45) is 0 Å². The summed E-state index contributed by atoms with van der Waals surface area (Å²) in [5.41, 5.74) is 3.31. The van der Waals surface area contributed by atoms with Gasteiger partial charge in [0, 0.05) is 31.7 Å². The van der Waals surface area contributed by atoms with Crippen LogP contribution in [0.2, 0.25) is 0 Å². The number of rotatable bonds is 10. The Labute approximate surface area is 189 Å². The Hall–Kier alpha value is -3.45. The van der Waals surface area contributed by atoms with Crippen molar-refractivity contribution in [1.82, 2.24) is 14.9 Å². The maximum Gasteiger partial charge on any atom is 0.259 e. The fraction of sp³-hybridized carbons (Fsp3) is 0.320. The van der Waals surface area contributed by atoms with Crippen LogP contribution in [0, 0.1) is 0 Å². The number of nitrogens with zero attached hydrogens (tertiary/aromatic N) is 3. The number of benzene rings is 1. The lowest BCUT2D eigenvalue weighted by molar-refractivity contribution is 0.102. The number of anilines is 2. The lowest BCUT2D eigenvalue weighted by Crippen LogP contribution is -2.20. The number of ether oxygens (including phenoxy) is 1. The first-order valence-corrected chi connectivity index (χ1v) is 10.7. The van der Waals surface area contributed by atoms with E-state index in [0.717, 1.165) is 17.7 Å². The van der Waals surface area contributed by atoms with Crippen LogP contribution in [0.5, 0.6) is 5.75 Å². The Bertz CT molecular complexity index is 1020. The molecule has 32 heavy (non-hydrogen) atoms. The van der Waals surface area contributed by atoms with Gasteiger partial charge in [0.25, 0.3) is 5.91 Å². The van der Waals surface area contributed by atoms with Gasteiger partial charge in [-0.15, -0.1) is 0 Å². The smallest absolute Gasteiger partial charge is 0.259 e. The van der Waals surface area contributed by atoms with Crippen LogP contribution in [0.25, 0.3) is 0 Å². The summed E-state index contributed by atoms with van der Waals surface area (Å²) in [4.78, 5) is 23.6. The van der Waals surface area contributed by atoms with Crippen molar-refractivity contribution in [2.75, 3.05) is 37.9 Å². The molecular weight excluding hydrogens is 402 g/mol. The molecule has 3 rings (SSSR count). The maximum absolute atomic E-state index is 13.2. The predicted octanol–water partition coefficient (Wildman–Crippen LogP) is 4.40. The highest BCUT2D eigenvalue weighted by Gasteiger charge is 2.16. The van der Waals surface area contributed by atoms with Gasteiger partial charge < -0.3 is 20.3 Å². The van der Waals surface area contributed by atoms with E-state index in [1.54, 1.807) is 30.7 Å². The van der Waals surface area contributed by atoms with Crippen LogP contribution in [-0.2, 0) is 6.54 Å². The topological polar surface area (TPSA) is 79.4 Å². The fourth-order valence-corrected chi connectivity index (χ4v) is 3.07. The standard InChI is InChI=1S/C25H31N5O2/c1-18(2)20-7-8-23(32-15-14-30(3)4)22(16-20)29-25(31)21-6-5-11-27-24(21)28-17-19-9-12-26-13-10-19/h5-13,16,18H,14-15,17H2,1-4H3,(H,27,28)(H,29,31). The van der Waals surface area contributed by atoms with Gasteiger partial charge in [0.2, 0.25) is 0 Å². The van der Waals surface area contributed by atoms with Gasteiger partial charge in [-0.25, -0.2) is 4.98 Å². The molecule has 1 aromatic carbocycles. The number of hydrogen-bond donors (Lipinski definition) is 2. The molecule has 0 unspecified atom stereocenters. The number of carbonyl (C=O) groups excluding carboxylic acids is 1. The van der Waals surface area contributed by atoms with Gasteiger partial charge in [-0.3, -0.25) is 9.78 Å². The fourth-order valence-electron chi connectivity index (χ4n) is 3.07. The molecule has 0 bridgehead atoms. The molecule has 0 aliphatic heterocycles. The molecule has 0 atom stereocenters. The Morgan fingerprint density at radius 2 is 1.88 bits per heavy atom. The van der Waals surface area contributed by atoms with Crippen molar-refractivity contribution < 1.29 is 9.53 Å². The van der Waals surface area contributed by atoms with Gasteiger partial charge >= 0.3 is 0 Å². The van der Waals surface area contributed by atoms with Crippen LogP contribution < -0.4 is 15.4 Å². The summed E-state index contributed by atoms with van der Waals surface area (Å²) in [7, 11) is 3.99. The molecule has 7 nitrogen and oxygen atoms in total. The minimum Gasteiger partial charge on any atom is -0.490 e. The average molecular weight is 434 g/mol. The summed E-state index contributed by atoms with van der Waals surface area (Å²) < 4.78 is 5.96. The third-order valence-corrected chi connectivity index (χ3v) is 4.98. The van der Waals surface area contributed by atoms with Crippen molar-refractivity contribution >= 4 is 17.4 Å². The Balaban J connectivity index is 1.79. The van der Waals surface area contributed by atoms with Crippen LogP contribution in [0.3, 0.4) is 0 Å². The molecule has 7 heteroatoms. The van der Waals surface area contributed by atoms with Gasteiger partial charge in [-0.1, -0.05) is 19.9 Å². The van der Waals surface area contributed by atoms with E-state index in [-0.39, 0.29) is 5.91 Å². The first-order chi connectivity index (χ1) is 15.4. The highest BCUT2D eigenvalue weighted by Crippen LogP contribution is 2.30. The molecule has 168 valence electrons. The van der Waals surface area contributed by atoms with Gasteiger partial charge in [0.05, 0.1) is 11.3 Å². The number of aromatic nitrogens is 2. The highest BCUT2D eigenvalue weighted by atomic mass is 16.5. The second kappa shape index (κ2) is 11.2. The van der Waals surface area contributed by atoms with Gasteiger partial charge in [-0.2, -0.15) is 0 Å². The first-order valence-electron chi connectivity index (χ1n) is 10.7. The van der Waals surface area contributed by atoms with Crippen LogP contribution in [0.1, 0.15) is 41.3 Å². The quantitative estimate of drug-likeness (QED) is 0.493. The van der Waals surface area contributed by atoms with Gasteiger partial charge in [0.1, 0.15) is 18.2 Å². The summed E-state index contributed by atoms with van der Waals surface area (Å²) in [6.45, 7) is 6.10. The van der Waals surface area contributed by atoms with E-state index in [0.29, 0.717) is 41.9 Å². The molecule has 0 aliphatic carbocycles. The van der Waals surface area contributed by atoms with Crippen LogP contribution in [-0.4, -0.2) is 48.0 Å². The molecule has 0 aliphatic rings. The minimum atomic E-state index is -0.242. The molecule has 0 saturated carbocycles. The molecule has 0 saturated heterocycles. The third-order valence-electron chi connectivity index (χ3n) is 4.98. The summed E-state index contributed by atoms with van der Waals surface area (Å²) >= 11 is 0. The zero-order valence-corrected chi connectivity index (χ0v) is 19.1. The molecule has 3 aromatic rings. The lowest BCUT2D eigenvalue weighted by atomic mass is 10.0. The maximum atomic E-state index is 13.2. The Morgan fingerprint density at radius 3 is 2.59 bits per heavy atom. The first kappa shape index (κ1) is 23.2. The largest absolute Gasteiger partial charge is 0.490 e. The molecule has 2 heterocycles. The van der Waals surface area contributed by atoms with Crippen molar-refractivity contribution in [1.29, 1.82) is 0 Å². The average Bonchev–Trinajstić information content (AvgIpc) is 2.79. The van der Waals surface area contributed by atoms with E-state index in [9.17, 15) is 4.79 Å². The highest BCUT2D eigenvalue weighted by molar-refractivity contribution is 6.08. The zero-order chi connectivity index (χ0) is 22.9. The second-order valence-corrected chi connectivity index (χ2v) is 8.12. The normalized spacial score (nSPS) is 10.9. The summed E-state index contributed by atoms with van der Waals surface area (Å²) in [6.07, 6.45) is 5.14. The Morgan fingerprint density at radius 1 is 1.09 bits per heavy atom. The van der Waals surface area contributed by atoms with Crippen LogP contribution in [0.4, 0.5) is 11.5 Å². The van der Waals surface area contributed by atoms with E-state index in [1.807, 2.05) is 44.4 Å². The second-order valence-electron chi connectivity index (χ2n) is 8.12. The van der Waals surface area contributed by atoms with E-state index < -0.39 is 0 Å². The van der Waals surface area contributed by atoms with Crippen LogP contribution in [0.15, 0.2) is 61.1 Å². The number of hydrogen-bond acceptors (Lipinski definition) is 6. The SMILES string of the molecule is CC(C)c1ccc(OCCN(C)C)c(NC(=O)c2cccnc2NCc2ccncc2)c1. The summed E-state index contributed by atoms with van der Waals surface area (Å²) in [6, 6.07) is 13.3. The third kappa shape index (κ3) is 6.52. The molecule has 2 aromatic heterocycles. The van der Waals surface area contributed by atoms with Crippen molar-refractivity contribution in [3.63, 3.8) is 0 Å². The van der Waals surface area contributed by atoms with E-state index >= 15 is 0 Å². The zero-order valence-electron chi connectivity index (χ0n) is 19.1. The number of nitrogens with one attached hydrogen (secondary N) is 2. The number of likely N-dealkylation sites (N-methyl/N-ethyl adjacent to an activating group) is 1.